The molecule has 0 heterocycles. The first-order valence-electron chi connectivity index (χ1n) is 6.45. The Morgan fingerprint density at radius 3 is 2.38 bits per heavy atom. The van der Waals surface area contributed by atoms with Crippen LogP contribution in [0.5, 0.6) is 0 Å². The van der Waals surface area contributed by atoms with Crippen LogP contribution in [0.15, 0.2) is 0 Å². The van der Waals surface area contributed by atoms with E-state index < -0.39 is 5.97 Å². The lowest BCUT2D eigenvalue weighted by atomic mass is 10.0. The van der Waals surface area contributed by atoms with Crippen LogP contribution in [-0.2, 0) is 4.79 Å². The van der Waals surface area contributed by atoms with Gasteiger partial charge in [0.05, 0.1) is 0 Å². The Kier molecular flexibility index (Phi) is 9.30. The molecule has 0 spiro atoms. The third-order valence-corrected chi connectivity index (χ3v) is 2.80. The summed E-state index contributed by atoms with van der Waals surface area (Å²) in [6.45, 7) is 8.71. The fourth-order valence-corrected chi connectivity index (χ4v) is 1.62. The second-order valence-electron chi connectivity index (χ2n) is 5.11. The highest BCUT2D eigenvalue weighted by molar-refractivity contribution is 5.66. The summed E-state index contributed by atoms with van der Waals surface area (Å²) < 4.78 is 0. The van der Waals surface area contributed by atoms with Gasteiger partial charge in [-0.25, -0.2) is 0 Å². The standard InChI is InChI=1S/C13H27NO2/c1-11(2)5-4-9-14-10-8-12(3)6-7-13(15)16/h11-12,14H,4-10H2,1-3H3,(H,15,16). The summed E-state index contributed by atoms with van der Waals surface area (Å²) in [4.78, 5) is 10.4. The minimum Gasteiger partial charge on any atom is -0.481 e. The smallest absolute Gasteiger partial charge is 0.303 e. The lowest BCUT2D eigenvalue weighted by Crippen LogP contribution is -2.19. The molecule has 0 radical (unpaired) electrons. The van der Waals surface area contributed by atoms with Crippen LogP contribution in [0.1, 0.15) is 52.9 Å². The molecule has 0 rings (SSSR count). The Balaban J connectivity index is 3.21. The van der Waals surface area contributed by atoms with Crippen molar-refractivity contribution < 1.29 is 9.90 Å². The molecule has 0 saturated heterocycles. The van der Waals surface area contributed by atoms with Gasteiger partial charge in [-0.1, -0.05) is 20.8 Å². The highest BCUT2D eigenvalue weighted by Crippen LogP contribution is 2.09. The van der Waals surface area contributed by atoms with Gasteiger partial charge in [0.2, 0.25) is 0 Å². The van der Waals surface area contributed by atoms with E-state index >= 15 is 0 Å². The third kappa shape index (κ3) is 11.5. The Morgan fingerprint density at radius 2 is 1.81 bits per heavy atom. The van der Waals surface area contributed by atoms with E-state index in [0.717, 1.165) is 31.8 Å². The van der Waals surface area contributed by atoms with Crippen LogP contribution in [0.2, 0.25) is 0 Å². The van der Waals surface area contributed by atoms with E-state index in [0.29, 0.717) is 12.3 Å². The molecule has 0 aromatic heterocycles. The number of nitrogens with one attached hydrogen (secondary N) is 1. The summed E-state index contributed by atoms with van der Waals surface area (Å²) in [5.74, 6) is 0.613. The van der Waals surface area contributed by atoms with Crippen LogP contribution in [0.25, 0.3) is 0 Å². The van der Waals surface area contributed by atoms with Crippen LogP contribution >= 0.6 is 0 Å². The molecule has 0 fully saturated rings. The predicted octanol–water partition coefficient (Wildman–Crippen LogP) is 2.90. The molecule has 3 heteroatoms. The van der Waals surface area contributed by atoms with E-state index in [1.165, 1.54) is 12.8 Å². The van der Waals surface area contributed by atoms with Crippen LogP contribution in [0, 0.1) is 11.8 Å². The normalized spacial score (nSPS) is 13.0. The highest BCUT2D eigenvalue weighted by Gasteiger charge is 2.04. The molecule has 0 bridgehead atoms. The first-order valence-corrected chi connectivity index (χ1v) is 6.45. The highest BCUT2D eigenvalue weighted by atomic mass is 16.4. The molecule has 0 aromatic rings. The van der Waals surface area contributed by atoms with E-state index in [2.05, 4.69) is 26.1 Å². The minimum absolute atomic E-state index is 0.300. The van der Waals surface area contributed by atoms with Crippen molar-refractivity contribution in [1.29, 1.82) is 0 Å². The molecular formula is C13H27NO2. The van der Waals surface area contributed by atoms with Crippen molar-refractivity contribution in [3.05, 3.63) is 0 Å². The number of aliphatic carboxylic acids is 1. The first-order chi connectivity index (χ1) is 7.52. The summed E-state index contributed by atoms with van der Waals surface area (Å²) in [6, 6.07) is 0. The van der Waals surface area contributed by atoms with Crippen molar-refractivity contribution in [2.24, 2.45) is 11.8 Å². The average Bonchev–Trinajstić information content (AvgIpc) is 2.19. The molecule has 16 heavy (non-hydrogen) atoms. The molecule has 96 valence electrons. The summed E-state index contributed by atoms with van der Waals surface area (Å²) in [5.41, 5.74) is 0. The van der Waals surface area contributed by atoms with Gasteiger partial charge >= 0.3 is 5.97 Å². The number of hydrogen-bond donors (Lipinski definition) is 2. The lowest BCUT2D eigenvalue weighted by Gasteiger charge is -2.11. The second-order valence-corrected chi connectivity index (χ2v) is 5.11. The topological polar surface area (TPSA) is 49.3 Å². The molecule has 0 amide bonds. The van der Waals surface area contributed by atoms with Crippen LogP contribution in [0.3, 0.4) is 0 Å². The van der Waals surface area contributed by atoms with Crippen LogP contribution < -0.4 is 5.32 Å². The zero-order valence-corrected chi connectivity index (χ0v) is 11.0. The van der Waals surface area contributed by atoms with Gasteiger partial charge in [-0.3, -0.25) is 4.79 Å². The molecule has 1 unspecified atom stereocenters. The lowest BCUT2D eigenvalue weighted by molar-refractivity contribution is -0.137. The average molecular weight is 229 g/mol. The molecule has 0 aromatic carbocycles. The Labute approximate surface area is 99.6 Å². The first kappa shape index (κ1) is 15.4. The van der Waals surface area contributed by atoms with Crippen molar-refractivity contribution in [2.45, 2.75) is 52.9 Å². The van der Waals surface area contributed by atoms with Gasteiger partial charge in [0, 0.05) is 6.42 Å². The summed E-state index contributed by atoms with van der Waals surface area (Å²) in [5, 5.41) is 12.0. The molecule has 1 atom stereocenters. The maximum Gasteiger partial charge on any atom is 0.303 e. The number of rotatable bonds is 10. The molecule has 2 N–H and O–H groups in total. The minimum atomic E-state index is -0.684. The van der Waals surface area contributed by atoms with Gasteiger partial charge in [0.1, 0.15) is 0 Å². The Hall–Kier alpha value is -0.570. The monoisotopic (exact) mass is 229 g/mol. The van der Waals surface area contributed by atoms with E-state index in [4.69, 9.17) is 5.11 Å². The van der Waals surface area contributed by atoms with E-state index in [1.54, 1.807) is 0 Å². The van der Waals surface area contributed by atoms with Gasteiger partial charge in [-0.05, 0) is 50.6 Å². The zero-order valence-electron chi connectivity index (χ0n) is 11.0. The molecule has 3 nitrogen and oxygen atoms in total. The van der Waals surface area contributed by atoms with Crippen molar-refractivity contribution in [3.8, 4) is 0 Å². The number of carboxylic acid groups (broad SMARTS) is 1. The number of hydrogen-bond acceptors (Lipinski definition) is 2. The van der Waals surface area contributed by atoms with E-state index in [1.807, 2.05) is 0 Å². The third-order valence-electron chi connectivity index (χ3n) is 2.80. The van der Waals surface area contributed by atoms with Crippen LogP contribution in [-0.4, -0.2) is 24.2 Å². The van der Waals surface area contributed by atoms with E-state index in [-0.39, 0.29) is 0 Å². The van der Waals surface area contributed by atoms with Crippen LogP contribution in [0.4, 0.5) is 0 Å². The van der Waals surface area contributed by atoms with Gasteiger partial charge in [-0.2, -0.15) is 0 Å². The van der Waals surface area contributed by atoms with Crippen molar-refractivity contribution >= 4 is 5.97 Å². The molecule has 0 aliphatic heterocycles. The van der Waals surface area contributed by atoms with Gasteiger partial charge in [0.25, 0.3) is 0 Å². The Bertz CT molecular complexity index is 181. The molecular weight excluding hydrogens is 202 g/mol. The second kappa shape index (κ2) is 9.64. The van der Waals surface area contributed by atoms with Gasteiger partial charge in [0.15, 0.2) is 0 Å². The Morgan fingerprint density at radius 1 is 1.12 bits per heavy atom. The molecule has 0 aliphatic carbocycles. The maximum absolute atomic E-state index is 10.4. The van der Waals surface area contributed by atoms with Crippen molar-refractivity contribution in [2.75, 3.05) is 13.1 Å². The fourth-order valence-electron chi connectivity index (χ4n) is 1.62. The van der Waals surface area contributed by atoms with E-state index in [9.17, 15) is 4.79 Å². The number of carbonyl (C=O) groups is 1. The SMILES string of the molecule is CC(C)CCCNCCC(C)CCC(=O)O. The number of carboxylic acids is 1. The molecule has 0 aliphatic rings. The van der Waals surface area contributed by atoms with Crippen molar-refractivity contribution in [3.63, 3.8) is 0 Å². The van der Waals surface area contributed by atoms with Gasteiger partial charge < -0.3 is 10.4 Å². The summed E-state index contributed by atoms with van der Waals surface area (Å²) in [7, 11) is 0. The van der Waals surface area contributed by atoms with Crippen molar-refractivity contribution in [1.82, 2.24) is 5.32 Å². The maximum atomic E-state index is 10.4. The predicted molar refractivity (Wildman–Crippen MR) is 67.6 cm³/mol. The fraction of sp³-hybridized carbons (Fsp3) is 0.923. The summed E-state index contributed by atoms with van der Waals surface area (Å²) in [6.07, 6.45) is 4.69. The quantitative estimate of drug-likeness (QED) is 0.566. The zero-order chi connectivity index (χ0) is 12.4. The van der Waals surface area contributed by atoms with Gasteiger partial charge in [-0.15, -0.1) is 0 Å². The largest absolute Gasteiger partial charge is 0.481 e. The summed E-state index contributed by atoms with van der Waals surface area (Å²) >= 11 is 0. The molecule has 0 saturated carbocycles.